The third kappa shape index (κ3) is 4.33. The van der Waals surface area contributed by atoms with Crippen LogP contribution < -0.4 is 15.4 Å². The second-order valence-electron chi connectivity index (χ2n) is 5.61. The number of halogens is 1. The Morgan fingerprint density at radius 3 is 2.59 bits per heavy atom. The van der Waals surface area contributed by atoms with E-state index in [-0.39, 0.29) is 29.3 Å². The summed E-state index contributed by atoms with van der Waals surface area (Å²) in [5, 5.41) is 5.35. The van der Waals surface area contributed by atoms with Crippen LogP contribution >= 0.6 is 0 Å². The molecule has 27 heavy (non-hydrogen) atoms. The molecule has 0 atom stereocenters. The average molecular weight is 368 g/mol. The minimum atomic E-state index is -0.586. The van der Waals surface area contributed by atoms with E-state index >= 15 is 0 Å². The van der Waals surface area contributed by atoms with Crippen LogP contribution in [-0.2, 0) is 6.54 Å². The normalized spacial score (nSPS) is 10.3. The minimum Gasteiger partial charge on any atom is -0.496 e. The molecule has 2 N–H and O–H groups in total. The van der Waals surface area contributed by atoms with Crippen molar-refractivity contribution in [3.8, 4) is 5.75 Å². The topological polar surface area (TPSA) is 80.6 Å². The van der Waals surface area contributed by atoms with Gasteiger partial charge in [0.1, 0.15) is 17.3 Å². The summed E-state index contributed by atoms with van der Waals surface area (Å²) >= 11 is 0. The number of ether oxygens (including phenoxy) is 1. The highest BCUT2D eigenvalue weighted by molar-refractivity contribution is 6.10. The summed E-state index contributed by atoms with van der Waals surface area (Å²) in [5.74, 6) is -0.695. The van der Waals surface area contributed by atoms with Crippen molar-refractivity contribution in [3.05, 3.63) is 83.6 Å². The Morgan fingerprint density at radius 1 is 1.04 bits per heavy atom. The van der Waals surface area contributed by atoms with Crippen LogP contribution in [0, 0.1) is 5.82 Å². The largest absolute Gasteiger partial charge is 0.496 e. The van der Waals surface area contributed by atoms with Gasteiger partial charge < -0.3 is 19.8 Å². The molecule has 0 aliphatic heterocycles. The lowest BCUT2D eigenvalue weighted by Crippen LogP contribution is -2.24. The van der Waals surface area contributed by atoms with Crippen LogP contribution in [0.25, 0.3) is 0 Å². The van der Waals surface area contributed by atoms with Gasteiger partial charge in [0, 0.05) is 0 Å². The monoisotopic (exact) mass is 368 g/mol. The Bertz CT molecular complexity index is 954. The first-order valence-electron chi connectivity index (χ1n) is 8.13. The molecule has 0 saturated heterocycles. The van der Waals surface area contributed by atoms with Crippen LogP contribution in [0.3, 0.4) is 0 Å². The molecule has 1 heterocycles. The number of hydrogen-bond donors (Lipinski definition) is 2. The first-order valence-corrected chi connectivity index (χ1v) is 8.13. The third-order valence-corrected chi connectivity index (χ3v) is 3.83. The van der Waals surface area contributed by atoms with Gasteiger partial charge in [-0.2, -0.15) is 0 Å². The molecule has 0 aliphatic carbocycles. The van der Waals surface area contributed by atoms with Crippen LogP contribution in [0.5, 0.6) is 5.75 Å². The molecule has 2 amide bonds. The lowest BCUT2D eigenvalue weighted by molar-refractivity contribution is 0.0949. The number of anilines is 1. The second-order valence-corrected chi connectivity index (χ2v) is 5.61. The molecule has 0 bridgehead atoms. The average Bonchev–Trinajstić information content (AvgIpc) is 3.20. The molecule has 1 aromatic heterocycles. The third-order valence-electron chi connectivity index (χ3n) is 3.83. The van der Waals surface area contributed by atoms with Crippen molar-refractivity contribution in [1.82, 2.24) is 5.32 Å². The van der Waals surface area contributed by atoms with Gasteiger partial charge in [-0.15, -0.1) is 0 Å². The van der Waals surface area contributed by atoms with Crippen LogP contribution in [-0.4, -0.2) is 18.9 Å². The van der Waals surface area contributed by atoms with Gasteiger partial charge in [0.2, 0.25) is 0 Å². The number of methoxy groups -OCH3 is 1. The number of carbonyl (C=O) groups excluding carboxylic acids is 2. The highest BCUT2D eigenvalue weighted by Gasteiger charge is 2.17. The van der Waals surface area contributed by atoms with E-state index in [2.05, 4.69) is 10.6 Å². The van der Waals surface area contributed by atoms with Crippen molar-refractivity contribution >= 4 is 17.5 Å². The van der Waals surface area contributed by atoms with Crippen molar-refractivity contribution in [1.29, 1.82) is 0 Å². The van der Waals surface area contributed by atoms with Crippen LogP contribution in [0.4, 0.5) is 10.1 Å². The first-order chi connectivity index (χ1) is 13.1. The molecule has 0 fully saturated rings. The molecule has 0 aliphatic rings. The number of carbonyl (C=O) groups is 2. The van der Waals surface area contributed by atoms with Gasteiger partial charge in [-0.25, -0.2) is 4.39 Å². The Kier molecular flexibility index (Phi) is 5.51. The van der Waals surface area contributed by atoms with Gasteiger partial charge in [0.05, 0.1) is 36.7 Å². The Labute approximate surface area is 155 Å². The van der Waals surface area contributed by atoms with Gasteiger partial charge in [-0.05, 0) is 42.5 Å². The molecule has 0 radical (unpaired) electrons. The summed E-state index contributed by atoms with van der Waals surface area (Å²) in [6.07, 6.45) is 1.52. The number of nitrogens with one attached hydrogen (secondary N) is 2. The van der Waals surface area contributed by atoms with E-state index in [0.717, 1.165) is 6.07 Å². The highest BCUT2D eigenvalue weighted by Crippen LogP contribution is 2.22. The van der Waals surface area contributed by atoms with Gasteiger partial charge in [-0.3, -0.25) is 9.59 Å². The standard InChI is InChI=1S/C20H17FN2O4/c1-26-18-9-8-13(21)11-16(18)20(25)23-17-7-3-2-6-15(17)19(24)22-12-14-5-4-10-27-14/h2-11H,12H2,1H3,(H,22,24)(H,23,25). The Morgan fingerprint density at radius 2 is 1.85 bits per heavy atom. The summed E-state index contributed by atoms with van der Waals surface area (Å²) < 4.78 is 23.8. The second kappa shape index (κ2) is 8.18. The van der Waals surface area contributed by atoms with Gasteiger partial charge in [0.25, 0.3) is 11.8 Å². The molecule has 0 saturated carbocycles. The van der Waals surface area contributed by atoms with Gasteiger partial charge in [-0.1, -0.05) is 12.1 Å². The molecular formula is C20H17FN2O4. The lowest BCUT2D eigenvalue weighted by atomic mass is 10.1. The van der Waals surface area contributed by atoms with Crippen molar-refractivity contribution in [3.63, 3.8) is 0 Å². The number of furan rings is 1. The van der Waals surface area contributed by atoms with Crippen LogP contribution in [0.2, 0.25) is 0 Å². The fourth-order valence-electron chi connectivity index (χ4n) is 2.51. The molecule has 0 spiro atoms. The minimum absolute atomic E-state index is 0.0308. The zero-order valence-electron chi connectivity index (χ0n) is 14.5. The predicted molar refractivity (Wildman–Crippen MR) is 97.2 cm³/mol. The van der Waals surface area contributed by atoms with Gasteiger partial charge >= 0.3 is 0 Å². The number of amides is 2. The van der Waals surface area contributed by atoms with Crippen molar-refractivity contribution in [2.75, 3.05) is 12.4 Å². The molecule has 3 aromatic rings. The van der Waals surface area contributed by atoms with E-state index in [1.165, 1.54) is 25.5 Å². The van der Waals surface area contributed by atoms with Crippen molar-refractivity contribution in [2.45, 2.75) is 6.54 Å². The molecule has 0 unspecified atom stereocenters. The molecule has 7 heteroatoms. The fraction of sp³-hybridized carbons (Fsp3) is 0.100. The Balaban J connectivity index is 1.78. The number of hydrogen-bond acceptors (Lipinski definition) is 4. The molecule has 6 nitrogen and oxygen atoms in total. The number of rotatable bonds is 6. The maximum absolute atomic E-state index is 13.5. The van der Waals surface area contributed by atoms with Crippen LogP contribution in [0.1, 0.15) is 26.5 Å². The number of para-hydroxylation sites is 1. The zero-order valence-corrected chi connectivity index (χ0v) is 14.5. The Hall–Kier alpha value is -3.61. The van der Waals surface area contributed by atoms with E-state index in [0.29, 0.717) is 11.4 Å². The highest BCUT2D eigenvalue weighted by atomic mass is 19.1. The SMILES string of the molecule is COc1ccc(F)cc1C(=O)Nc1ccccc1C(=O)NCc1ccco1. The zero-order chi connectivity index (χ0) is 19.2. The smallest absolute Gasteiger partial charge is 0.259 e. The van der Waals surface area contributed by atoms with E-state index in [1.54, 1.807) is 36.4 Å². The van der Waals surface area contributed by atoms with Crippen molar-refractivity contribution < 1.29 is 23.1 Å². The first kappa shape index (κ1) is 18.2. The number of benzene rings is 2. The maximum Gasteiger partial charge on any atom is 0.259 e. The fourth-order valence-corrected chi connectivity index (χ4v) is 2.51. The van der Waals surface area contributed by atoms with Crippen LogP contribution in [0.15, 0.2) is 65.3 Å². The van der Waals surface area contributed by atoms with Crippen molar-refractivity contribution in [2.24, 2.45) is 0 Å². The lowest BCUT2D eigenvalue weighted by Gasteiger charge is -2.13. The molecular weight excluding hydrogens is 351 g/mol. The summed E-state index contributed by atoms with van der Waals surface area (Å²) in [7, 11) is 1.39. The quantitative estimate of drug-likeness (QED) is 0.697. The maximum atomic E-state index is 13.5. The van der Waals surface area contributed by atoms with E-state index < -0.39 is 11.7 Å². The summed E-state index contributed by atoms with van der Waals surface area (Å²) in [4.78, 5) is 25.0. The molecule has 138 valence electrons. The summed E-state index contributed by atoms with van der Waals surface area (Å²) in [6.45, 7) is 0.214. The molecule has 3 rings (SSSR count). The summed E-state index contributed by atoms with van der Waals surface area (Å²) in [6, 6.07) is 13.6. The van der Waals surface area contributed by atoms with E-state index in [1.807, 2.05) is 0 Å². The van der Waals surface area contributed by atoms with Gasteiger partial charge in [0.15, 0.2) is 0 Å². The summed E-state index contributed by atoms with van der Waals surface area (Å²) in [5.41, 5.74) is 0.599. The van der Waals surface area contributed by atoms with E-state index in [4.69, 9.17) is 9.15 Å². The van der Waals surface area contributed by atoms with E-state index in [9.17, 15) is 14.0 Å². The molecule has 2 aromatic carbocycles. The predicted octanol–water partition coefficient (Wildman–Crippen LogP) is 3.61.